The lowest BCUT2D eigenvalue weighted by atomic mass is 9.86. The Morgan fingerprint density at radius 3 is 2.53 bits per heavy atom. The summed E-state index contributed by atoms with van der Waals surface area (Å²) in [6.45, 7) is 3.11. The van der Waals surface area contributed by atoms with Gasteiger partial charge in [-0.1, -0.05) is 0 Å². The van der Waals surface area contributed by atoms with Crippen LogP contribution in [-0.2, 0) is 0 Å². The highest BCUT2D eigenvalue weighted by molar-refractivity contribution is 5.35. The molecule has 96 valence electrons. The van der Waals surface area contributed by atoms with Gasteiger partial charge in [0.1, 0.15) is 5.76 Å². The lowest BCUT2D eigenvalue weighted by Gasteiger charge is -2.31. The molecule has 1 fully saturated rings. The van der Waals surface area contributed by atoms with Crippen LogP contribution in [0.25, 0.3) is 0 Å². The third-order valence-electron chi connectivity index (χ3n) is 3.89. The maximum absolute atomic E-state index is 5.64. The van der Waals surface area contributed by atoms with Crippen LogP contribution in [0.5, 0.6) is 0 Å². The summed E-state index contributed by atoms with van der Waals surface area (Å²) in [6, 6.07) is 4.83. The molecule has 0 aliphatic heterocycles. The molecule has 1 aliphatic carbocycles. The Hall–Kier alpha value is -0.960. The van der Waals surface area contributed by atoms with Crippen LogP contribution in [0.4, 0.5) is 5.88 Å². The van der Waals surface area contributed by atoms with Gasteiger partial charge in [-0.3, -0.25) is 0 Å². The average molecular weight is 236 g/mol. The third kappa shape index (κ3) is 3.25. The standard InChI is InChI=1S/C14H24N2O/c1-11-4-9-14(17-11)16(3)10-12-5-7-13(15-2)8-6-12/h4,9,12-13,15H,5-8,10H2,1-3H3. The second-order valence-corrected chi connectivity index (χ2v) is 5.27. The van der Waals surface area contributed by atoms with Gasteiger partial charge < -0.3 is 14.6 Å². The molecule has 0 radical (unpaired) electrons. The Morgan fingerprint density at radius 2 is 2.00 bits per heavy atom. The molecular weight excluding hydrogens is 212 g/mol. The Morgan fingerprint density at radius 1 is 1.29 bits per heavy atom. The van der Waals surface area contributed by atoms with E-state index in [2.05, 4.69) is 30.4 Å². The number of furan rings is 1. The molecule has 0 aromatic carbocycles. The molecule has 2 rings (SSSR count). The van der Waals surface area contributed by atoms with E-state index in [0.717, 1.165) is 30.1 Å². The molecule has 17 heavy (non-hydrogen) atoms. The predicted molar refractivity (Wildman–Crippen MR) is 71.5 cm³/mol. The summed E-state index contributed by atoms with van der Waals surface area (Å²) in [4.78, 5) is 2.25. The van der Waals surface area contributed by atoms with Crippen molar-refractivity contribution in [2.24, 2.45) is 5.92 Å². The third-order valence-corrected chi connectivity index (χ3v) is 3.89. The quantitative estimate of drug-likeness (QED) is 0.871. The topological polar surface area (TPSA) is 28.4 Å². The van der Waals surface area contributed by atoms with Crippen molar-refractivity contribution in [2.45, 2.75) is 38.6 Å². The van der Waals surface area contributed by atoms with Crippen LogP contribution in [0.3, 0.4) is 0 Å². The molecule has 1 N–H and O–H groups in total. The van der Waals surface area contributed by atoms with Crippen LogP contribution in [0, 0.1) is 12.8 Å². The summed E-state index contributed by atoms with van der Waals surface area (Å²) < 4.78 is 5.64. The number of hydrogen-bond acceptors (Lipinski definition) is 3. The van der Waals surface area contributed by atoms with E-state index in [-0.39, 0.29) is 0 Å². The molecule has 0 unspecified atom stereocenters. The summed E-state index contributed by atoms with van der Waals surface area (Å²) in [5.41, 5.74) is 0. The van der Waals surface area contributed by atoms with Crippen LogP contribution in [0.1, 0.15) is 31.4 Å². The minimum Gasteiger partial charge on any atom is -0.446 e. The normalized spacial score (nSPS) is 24.9. The second kappa shape index (κ2) is 5.58. The lowest BCUT2D eigenvalue weighted by molar-refractivity contribution is 0.302. The van der Waals surface area contributed by atoms with Crippen LogP contribution in [0.2, 0.25) is 0 Å². The van der Waals surface area contributed by atoms with E-state index in [4.69, 9.17) is 4.42 Å². The molecule has 0 amide bonds. The van der Waals surface area contributed by atoms with Crippen LogP contribution in [0.15, 0.2) is 16.5 Å². The summed E-state index contributed by atoms with van der Waals surface area (Å²) in [6.07, 6.45) is 5.28. The van der Waals surface area contributed by atoms with E-state index in [1.54, 1.807) is 0 Å². The predicted octanol–water partition coefficient (Wildman–Crippen LogP) is 2.80. The van der Waals surface area contributed by atoms with Crippen molar-refractivity contribution < 1.29 is 4.42 Å². The molecule has 1 saturated carbocycles. The largest absolute Gasteiger partial charge is 0.446 e. The van der Waals surface area contributed by atoms with Gasteiger partial charge in [-0.15, -0.1) is 0 Å². The molecule has 0 spiro atoms. The van der Waals surface area contributed by atoms with Gasteiger partial charge in [0.25, 0.3) is 0 Å². The first kappa shape index (κ1) is 12.5. The molecular formula is C14H24N2O. The molecule has 1 heterocycles. The van der Waals surface area contributed by atoms with Gasteiger partial charge in [-0.05, 0) is 51.6 Å². The Bertz CT molecular complexity index is 340. The van der Waals surface area contributed by atoms with Gasteiger partial charge in [0, 0.05) is 25.7 Å². The van der Waals surface area contributed by atoms with E-state index in [1.807, 2.05) is 13.0 Å². The Kier molecular flexibility index (Phi) is 4.11. The molecule has 0 saturated heterocycles. The number of nitrogens with zero attached hydrogens (tertiary/aromatic N) is 1. The SMILES string of the molecule is CNC1CCC(CN(C)c2ccc(C)o2)CC1. The second-order valence-electron chi connectivity index (χ2n) is 5.27. The zero-order valence-corrected chi connectivity index (χ0v) is 11.2. The van der Waals surface area contributed by atoms with E-state index in [0.29, 0.717) is 0 Å². The van der Waals surface area contributed by atoms with Crippen molar-refractivity contribution in [3.05, 3.63) is 17.9 Å². The summed E-state index contributed by atoms with van der Waals surface area (Å²) in [5.74, 6) is 2.80. The Labute approximate surface area is 104 Å². The molecule has 3 heteroatoms. The van der Waals surface area contributed by atoms with Crippen molar-refractivity contribution in [1.82, 2.24) is 5.32 Å². The van der Waals surface area contributed by atoms with E-state index in [1.165, 1.54) is 25.7 Å². The highest BCUT2D eigenvalue weighted by Crippen LogP contribution is 2.26. The van der Waals surface area contributed by atoms with Gasteiger partial charge in [0.05, 0.1) is 0 Å². The first-order valence-electron chi connectivity index (χ1n) is 6.64. The summed E-state index contributed by atoms with van der Waals surface area (Å²) in [7, 11) is 4.20. The number of rotatable bonds is 4. The van der Waals surface area contributed by atoms with Crippen LogP contribution >= 0.6 is 0 Å². The highest BCUT2D eigenvalue weighted by Gasteiger charge is 2.21. The summed E-state index contributed by atoms with van der Waals surface area (Å²) in [5, 5.41) is 3.38. The molecule has 1 aromatic heterocycles. The smallest absolute Gasteiger partial charge is 0.195 e. The van der Waals surface area contributed by atoms with Crippen molar-refractivity contribution in [1.29, 1.82) is 0 Å². The number of hydrogen-bond donors (Lipinski definition) is 1. The van der Waals surface area contributed by atoms with Gasteiger partial charge >= 0.3 is 0 Å². The fraction of sp³-hybridized carbons (Fsp3) is 0.714. The first-order valence-corrected chi connectivity index (χ1v) is 6.64. The van der Waals surface area contributed by atoms with Crippen molar-refractivity contribution in [3.8, 4) is 0 Å². The molecule has 0 atom stereocenters. The monoisotopic (exact) mass is 236 g/mol. The lowest BCUT2D eigenvalue weighted by Crippen LogP contribution is -2.34. The Balaban J connectivity index is 1.81. The number of aryl methyl sites for hydroxylation is 1. The van der Waals surface area contributed by atoms with E-state index in [9.17, 15) is 0 Å². The van der Waals surface area contributed by atoms with E-state index >= 15 is 0 Å². The van der Waals surface area contributed by atoms with Crippen LogP contribution < -0.4 is 10.2 Å². The van der Waals surface area contributed by atoms with Gasteiger partial charge in [-0.25, -0.2) is 0 Å². The number of nitrogens with one attached hydrogen (secondary N) is 1. The molecule has 0 bridgehead atoms. The van der Waals surface area contributed by atoms with Gasteiger partial charge in [0.2, 0.25) is 0 Å². The zero-order chi connectivity index (χ0) is 12.3. The van der Waals surface area contributed by atoms with Crippen molar-refractivity contribution in [3.63, 3.8) is 0 Å². The van der Waals surface area contributed by atoms with Gasteiger partial charge in [0.15, 0.2) is 5.88 Å². The minimum absolute atomic E-state index is 0.738. The average Bonchev–Trinajstić information content (AvgIpc) is 2.77. The molecule has 1 aliphatic rings. The first-order chi connectivity index (χ1) is 8.19. The molecule has 3 nitrogen and oxygen atoms in total. The van der Waals surface area contributed by atoms with Crippen molar-refractivity contribution >= 4 is 5.88 Å². The summed E-state index contributed by atoms with van der Waals surface area (Å²) >= 11 is 0. The minimum atomic E-state index is 0.738. The fourth-order valence-corrected chi connectivity index (χ4v) is 2.74. The van der Waals surface area contributed by atoms with E-state index < -0.39 is 0 Å². The fourth-order valence-electron chi connectivity index (χ4n) is 2.74. The highest BCUT2D eigenvalue weighted by atomic mass is 16.4. The maximum Gasteiger partial charge on any atom is 0.195 e. The zero-order valence-electron chi connectivity index (χ0n) is 11.2. The maximum atomic E-state index is 5.64. The van der Waals surface area contributed by atoms with Gasteiger partial charge in [-0.2, -0.15) is 0 Å². The molecule has 1 aromatic rings. The number of anilines is 1. The van der Waals surface area contributed by atoms with Crippen molar-refractivity contribution in [2.75, 3.05) is 25.5 Å². The van der Waals surface area contributed by atoms with Crippen LogP contribution in [-0.4, -0.2) is 26.7 Å².